The summed E-state index contributed by atoms with van der Waals surface area (Å²) in [6.07, 6.45) is 12.1. The van der Waals surface area contributed by atoms with E-state index in [0.717, 1.165) is 48.3 Å². The van der Waals surface area contributed by atoms with Crippen molar-refractivity contribution in [2.24, 2.45) is 0 Å². The Hall–Kier alpha value is -2.03. The van der Waals surface area contributed by atoms with Gasteiger partial charge >= 0.3 is 29.2 Å². The highest BCUT2D eigenvalue weighted by Gasteiger charge is 2.49. The van der Waals surface area contributed by atoms with E-state index in [4.69, 9.17) is 14.5 Å². The minimum Gasteiger partial charge on any atom is -0.390 e. The quantitative estimate of drug-likeness (QED) is 0.0787. The van der Waals surface area contributed by atoms with Gasteiger partial charge < -0.3 is 29.4 Å². The molecule has 1 aliphatic heterocycles. The van der Waals surface area contributed by atoms with E-state index in [1.54, 1.807) is 0 Å². The number of hydrogen-bond donors (Lipinski definition) is 6. The van der Waals surface area contributed by atoms with Crippen molar-refractivity contribution in [3.63, 3.8) is 0 Å². The molecule has 1 aromatic heterocycles. The van der Waals surface area contributed by atoms with Crippen molar-refractivity contribution in [1.82, 2.24) is 9.55 Å². The zero-order valence-electron chi connectivity index (χ0n) is 27.7. The van der Waals surface area contributed by atoms with E-state index < -0.39 is 59.3 Å². The molecule has 272 valence electrons. The second-order valence-electron chi connectivity index (χ2n) is 12.0. The first kappa shape index (κ1) is 42.1. The fraction of sp³-hybridized carbons (Fsp3) is 0.586. The Kier molecular flexibility index (Phi) is 16.0. The van der Waals surface area contributed by atoms with Gasteiger partial charge in [0.15, 0.2) is 5.72 Å². The van der Waals surface area contributed by atoms with Gasteiger partial charge in [-0.3, -0.25) is 18.9 Å². The van der Waals surface area contributed by atoms with Gasteiger partial charge in [-0.05, 0) is 73.1 Å². The third-order valence-corrected chi connectivity index (χ3v) is 11.1. The first-order valence-electron chi connectivity index (χ1n) is 15.2. The fourth-order valence-electron chi connectivity index (χ4n) is 4.93. The van der Waals surface area contributed by atoms with Gasteiger partial charge in [0.2, 0.25) is 0 Å². The Morgan fingerprint density at radius 1 is 0.896 bits per heavy atom. The summed E-state index contributed by atoms with van der Waals surface area (Å²) < 4.78 is 53.8. The number of nitrogens with zero attached hydrogens (tertiary/aromatic N) is 1. The highest BCUT2D eigenvalue weighted by Crippen LogP contribution is 2.66. The van der Waals surface area contributed by atoms with Crippen LogP contribution in [0.5, 0.6) is 0 Å². The molecule has 48 heavy (non-hydrogen) atoms. The molecule has 6 N–H and O–H groups in total. The van der Waals surface area contributed by atoms with Crippen LogP contribution >= 0.6 is 23.5 Å². The average Bonchev–Trinajstić information content (AvgIpc) is 3.24. The molecule has 0 bridgehead atoms. The molecule has 16 nitrogen and oxygen atoms in total. The zero-order valence-corrected chi connectivity index (χ0v) is 30.4. The fourth-order valence-corrected chi connectivity index (χ4v) is 7.96. The maximum atomic E-state index is 12.8. The highest BCUT2D eigenvalue weighted by molar-refractivity contribution is 7.66. The van der Waals surface area contributed by atoms with E-state index in [9.17, 15) is 38.2 Å². The summed E-state index contributed by atoms with van der Waals surface area (Å²) in [6.45, 7) is 9.39. The van der Waals surface area contributed by atoms with Crippen LogP contribution in [0.1, 0.15) is 86.0 Å². The number of aromatic nitrogens is 2. The SMILES string of the molecule is CC(C)=CCCC(C)=CCCC(C)=CCCC(C)=CC[C@]1(n2ccc(=O)[nH]c2=O)C[C@H](O)[C@@H](COP(=O)(O)OP(=O)(O)OP(=O)(O)O)O1. The molecule has 2 unspecified atom stereocenters. The molecule has 1 saturated heterocycles. The molecule has 19 heteroatoms. The number of allylic oxidation sites excluding steroid dienone is 7. The number of aliphatic hydroxyl groups excluding tert-OH is 1. The molecule has 1 fully saturated rings. The third-order valence-electron chi connectivity index (χ3n) is 7.33. The van der Waals surface area contributed by atoms with E-state index >= 15 is 0 Å². The lowest BCUT2D eigenvalue weighted by atomic mass is 9.99. The molecule has 0 radical (unpaired) electrons. The Morgan fingerprint density at radius 2 is 1.44 bits per heavy atom. The standard InChI is InChI=1S/C29H47N2O14P3/c1-21(2)9-6-10-22(3)11-7-12-23(4)13-8-14-24(5)15-17-29(31-18-16-27(33)30-28(31)34)19-25(32)26(43-29)20-42-47(38,39)45-48(40,41)44-46(35,36)37/h9,11,13,15-16,18,25-26,32H,6-8,10,12,14,17,19-20H2,1-5H3,(H,38,39)(H,40,41)(H,30,33,34)(H2,35,36,37)/t25-,26+,29+/m0/s1. The normalized spacial score (nSPS) is 23.5. The average molecular weight is 741 g/mol. The summed E-state index contributed by atoms with van der Waals surface area (Å²) in [7, 11) is -16.8. The summed E-state index contributed by atoms with van der Waals surface area (Å²) in [5, 5.41) is 10.8. The summed E-state index contributed by atoms with van der Waals surface area (Å²) in [5.74, 6) is 0. The third kappa shape index (κ3) is 15.2. The van der Waals surface area contributed by atoms with E-state index in [2.05, 4.69) is 64.1 Å². The number of nitrogens with one attached hydrogen (secondary N) is 1. The van der Waals surface area contributed by atoms with Gasteiger partial charge in [-0.1, -0.05) is 46.6 Å². The number of H-pyrrole nitrogens is 1. The lowest BCUT2D eigenvalue weighted by molar-refractivity contribution is -0.116. The van der Waals surface area contributed by atoms with Gasteiger partial charge in [0.05, 0.1) is 12.7 Å². The summed E-state index contributed by atoms with van der Waals surface area (Å²) in [4.78, 5) is 63.2. The van der Waals surface area contributed by atoms with E-state index in [-0.39, 0.29) is 12.8 Å². The number of aromatic amines is 1. The predicted octanol–water partition coefficient (Wildman–Crippen LogP) is 5.22. The van der Waals surface area contributed by atoms with E-state index in [0.29, 0.717) is 6.42 Å². The van der Waals surface area contributed by atoms with E-state index in [1.807, 2.05) is 13.0 Å². The summed E-state index contributed by atoms with van der Waals surface area (Å²) in [5.41, 5.74) is 1.80. The largest absolute Gasteiger partial charge is 0.490 e. The number of rotatable bonds is 19. The monoisotopic (exact) mass is 740 g/mol. The minimum atomic E-state index is -5.75. The number of hydrogen-bond acceptors (Lipinski definition) is 10. The van der Waals surface area contributed by atoms with Crippen LogP contribution in [-0.4, -0.2) is 53.0 Å². The van der Waals surface area contributed by atoms with Gasteiger partial charge in [-0.15, -0.1) is 0 Å². The van der Waals surface area contributed by atoms with Crippen molar-refractivity contribution < 1.29 is 56.3 Å². The second kappa shape index (κ2) is 18.3. The Balaban J connectivity index is 2.10. The van der Waals surface area contributed by atoms with Gasteiger partial charge in [0.25, 0.3) is 5.56 Å². The number of phosphoric acid groups is 3. The highest BCUT2D eigenvalue weighted by atomic mass is 31.3. The van der Waals surface area contributed by atoms with Crippen molar-refractivity contribution in [3.05, 3.63) is 79.7 Å². The lowest BCUT2D eigenvalue weighted by Gasteiger charge is -2.30. The van der Waals surface area contributed by atoms with Crippen LogP contribution in [0.25, 0.3) is 0 Å². The van der Waals surface area contributed by atoms with Gasteiger partial charge in [0.1, 0.15) is 6.10 Å². The van der Waals surface area contributed by atoms with Crippen LogP contribution in [0, 0.1) is 0 Å². The van der Waals surface area contributed by atoms with Crippen molar-refractivity contribution >= 4 is 23.5 Å². The minimum absolute atomic E-state index is 0.0348. The molecule has 0 spiro atoms. The first-order chi connectivity index (χ1) is 22.1. The number of aliphatic hydroxyl groups is 1. The maximum Gasteiger partial charge on any atom is 0.490 e. The molecular weight excluding hydrogens is 693 g/mol. The maximum absolute atomic E-state index is 12.8. The van der Waals surface area contributed by atoms with Crippen molar-refractivity contribution in [2.45, 2.75) is 104 Å². The Bertz CT molecular complexity index is 1640. The summed E-state index contributed by atoms with van der Waals surface area (Å²) in [6, 6.07) is 1.09. The molecule has 1 aromatic rings. The van der Waals surface area contributed by atoms with Crippen LogP contribution in [-0.2, 0) is 37.3 Å². The van der Waals surface area contributed by atoms with Crippen LogP contribution in [0.3, 0.4) is 0 Å². The topological polar surface area (TPSA) is 244 Å². The number of ether oxygens (including phenoxy) is 1. The zero-order chi connectivity index (χ0) is 36.3. The number of phosphoric ester groups is 1. The van der Waals surface area contributed by atoms with Crippen molar-refractivity contribution in [1.29, 1.82) is 0 Å². The Morgan fingerprint density at radius 3 is 1.96 bits per heavy atom. The molecule has 2 heterocycles. The molecule has 1 aliphatic rings. The van der Waals surface area contributed by atoms with Crippen molar-refractivity contribution in [2.75, 3.05) is 6.61 Å². The smallest absolute Gasteiger partial charge is 0.390 e. The molecule has 0 aromatic carbocycles. The van der Waals surface area contributed by atoms with Crippen LogP contribution in [0.4, 0.5) is 0 Å². The first-order valence-corrected chi connectivity index (χ1v) is 19.7. The molecule has 2 rings (SSSR count). The van der Waals surface area contributed by atoms with E-state index in [1.165, 1.54) is 22.9 Å². The molecular formula is C29H47N2O14P3. The predicted molar refractivity (Wildman–Crippen MR) is 178 cm³/mol. The van der Waals surface area contributed by atoms with Crippen LogP contribution in [0.15, 0.2) is 68.4 Å². The Labute approximate surface area is 279 Å². The molecule has 0 aliphatic carbocycles. The molecule has 0 amide bonds. The van der Waals surface area contributed by atoms with Gasteiger partial charge in [-0.25, -0.2) is 18.5 Å². The van der Waals surface area contributed by atoms with Gasteiger partial charge in [0, 0.05) is 25.1 Å². The van der Waals surface area contributed by atoms with Gasteiger partial charge in [-0.2, -0.15) is 8.62 Å². The second-order valence-corrected chi connectivity index (χ2v) is 16.4. The molecule has 5 atom stereocenters. The van der Waals surface area contributed by atoms with Crippen molar-refractivity contribution in [3.8, 4) is 0 Å². The lowest BCUT2D eigenvalue weighted by Crippen LogP contribution is -2.44. The summed E-state index contributed by atoms with van der Waals surface area (Å²) >= 11 is 0. The van der Waals surface area contributed by atoms with Crippen LogP contribution in [0.2, 0.25) is 0 Å². The van der Waals surface area contributed by atoms with Crippen LogP contribution < -0.4 is 11.2 Å². The molecule has 0 saturated carbocycles.